The lowest BCUT2D eigenvalue weighted by Gasteiger charge is -2.35. The number of halogens is 5. The van der Waals surface area contributed by atoms with Gasteiger partial charge < -0.3 is 4.74 Å². The van der Waals surface area contributed by atoms with Gasteiger partial charge in [0, 0.05) is 28.5 Å². The fourth-order valence-corrected chi connectivity index (χ4v) is 5.77. The number of hydrogen-bond donors (Lipinski definition) is 0. The van der Waals surface area contributed by atoms with Crippen LogP contribution in [0.5, 0.6) is 5.75 Å². The van der Waals surface area contributed by atoms with Crippen LogP contribution in [0.1, 0.15) is 19.3 Å². The summed E-state index contributed by atoms with van der Waals surface area (Å²) in [7, 11) is -4.13. The summed E-state index contributed by atoms with van der Waals surface area (Å²) in [5.41, 5.74) is 0. The molecule has 4 nitrogen and oxygen atoms in total. The van der Waals surface area contributed by atoms with Crippen LogP contribution < -0.4 is 4.74 Å². The first-order valence-corrected chi connectivity index (χ1v) is 11.3. The van der Waals surface area contributed by atoms with Crippen molar-refractivity contribution in [3.63, 3.8) is 0 Å². The smallest absolute Gasteiger partial charge is 0.404 e. The standard InChI is InChI=1S/C18H18BrClF3NO3S/c19-13-5-6-17(16(11-13)27-18(21,22)23)28(25,26)24-9-7-12(8-10-24)14-3-1-2-4-15(14)20/h1,3-6,11-12,14H,2,7-10H2. The predicted octanol–water partition coefficient (Wildman–Crippen LogP) is 5.45. The van der Waals surface area contributed by atoms with Gasteiger partial charge in [-0.15, -0.1) is 13.2 Å². The fourth-order valence-electron chi connectivity index (χ4n) is 3.53. The number of rotatable bonds is 4. The summed E-state index contributed by atoms with van der Waals surface area (Å²) in [4.78, 5) is -0.498. The number of nitrogens with zero attached hydrogens (tertiary/aromatic N) is 1. The summed E-state index contributed by atoms with van der Waals surface area (Å²) in [6.45, 7) is 0.423. The first-order valence-electron chi connectivity index (χ1n) is 8.65. The average molecular weight is 501 g/mol. The van der Waals surface area contributed by atoms with Gasteiger partial charge in [0.25, 0.3) is 0 Å². The minimum atomic E-state index is -4.99. The van der Waals surface area contributed by atoms with E-state index >= 15 is 0 Å². The van der Waals surface area contributed by atoms with Gasteiger partial charge in [-0.2, -0.15) is 4.31 Å². The minimum Gasteiger partial charge on any atom is -0.404 e. The van der Waals surface area contributed by atoms with Gasteiger partial charge in [0.05, 0.1) is 0 Å². The second-order valence-electron chi connectivity index (χ2n) is 6.66. The topological polar surface area (TPSA) is 46.6 Å². The van der Waals surface area contributed by atoms with Gasteiger partial charge in [0.1, 0.15) is 4.90 Å². The Kier molecular flexibility index (Phi) is 6.48. The lowest BCUT2D eigenvalue weighted by atomic mass is 9.82. The van der Waals surface area contributed by atoms with E-state index in [0.717, 1.165) is 23.6 Å². The molecule has 3 rings (SSSR count). The molecule has 0 aromatic heterocycles. The maximum absolute atomic E-state index is 13.0. The lowest BCUT2D eigenvalue weighted by Crippen LogP contribution is -2.40. The summed E-state index contributed by atoms with van der Waals surface area (Å²) in [5, 5.41) is 0.762. The fraction of sp³-hybridized carbons (Fsp3) is 0.444. The minimum absolute atomic E-state index is 0.0667. The summed E-state index contributed by atoms with van der Waals surface area (Å²) < 4.78 is 69.5. The number of hydrogen-bond acceptors (Lipinski definition) is 3. The lowest BCUT2D eigenvalue weighted by molar-refractivity contribution is -0.275. The molecule has 1 fully saturated rings. The summed E-state index contributed by atoms with van der Waals surface area (Å²) in [5.74, 6) is -0.482. The van der Waals surface area contributed by atoms with Gasteiger partial charge >= 0.3 is 6.36 Å². The molecule has 10 heteroatoms. The number of allylic oxidation sites excluding steroid dienone is 4. The van der Waals surface area contributed by atoms with E-state index in [1.54, 1.807) is 0 Å². The van der Waals surface area contributed by atoms with E-state index in [-0.39, 0.29) is 29.4 Å². The third-order valence-electron chi connectivity index (χ3n) is 4.87. The third-order valence-corrected chi connectivity index (χ3v) is 7.70. The molecule has 154 valence electrons. The van der Waals surface area contributed by atoms with E-state index < -0.39 is 27.0 Å². The van der Waals surface area contributed by atoms with Crippen LogP contribution in [-0.2, 0) is 10.0 Å². The van der Waals surface area contributed by atoms with E-state index in [1.165, 1.54) is 10.4 Å². The Labute approximate surface area is 175 Å². The Balaban J connectivity index is 1.79. The van der Waals surface area contributed by atoms with Crippen molar-refractivity contribution in [1.29, 1.82) is 0 Å². The first-order chi connectivity index (χ1) is 13.1. The predicted molar refractivity (Wildman–Crippen MR) is 103 cm³/mol. The summed E-state index contributed by atoms with van der Waals surface area (Å²) in [6, 6.07) is 3.50. The highest BCUT2D eigenvalue weighted by atomic mass is 79.9. The van der Waals surface area contributed by atoms with Crippen molar-refractivity contribution < 1.29 is 26.3 Å². The van der Waals surface area contributed by atoms with Gasteiger partial charge in [-0.3, -0.25) is 0 Å². The molecule has 1 unspecified atom stereocenters. The largest absolute Gasteiger partial charge is 0.573 e. The van der Waals surface area contributed by atoms with Crippen molar-refractivity contribution in [2.75, 3.05) is 13.1 Å². The summed E-state index contributed by atoms with van der Waals surface area (Å²) >= 11 is 9.33. The van der Waals surface area contributed by atoms with Crippen LogP contribution in [0.25, 0.3) is 0 Å². The van der Waals surface area contributed by atoms with Crippen molar-refractivity contribution in [2.45, 2.75) is 30.5 Å². The zero-order chi connectivity index (χ0) is 20.5. The maximum atomic E-state index is 13.0. The Morgan fingerprint density at radius 1 is 1.21 bits per heavy atom. The van der Waals surface area contributed by atoms with Crippen LogP contribution in [0.2, 0.25) is 0 Å². The number of alkyl halides is 3. The van der Waals surface area contributed by atoms with E-state index in [2.05, 4.69) is 20.7 Å². The van der Waals surface area contributed by atoms with Crippen LogP contribution in [0, 0.1) is 11.8 Å². The van der Waals surface area contributed by atoms with Crippen molar-refractivity contribution in [1.82, 2.24) is 4.31 Å². The number of benzene rings is 1. The Hall–Kier alpha value is -1.03. The maximum Gasteiger partial charge on any atom is 0.573 e. The van der Waals surface area contributed by atoms with Crippen molar-refractivity contribution in [2.24, 2.45) is 11.8 Å². The first kappa shape index (κ1) is 21.7. The molecule has 0 spiro atoms. The molecule has 0 bridgehead atoms. The molecule has 0 saturated carbocycles. The van der Waals surface area contributed by atoms with Gasteiger partial charge in [-0.05, 0) is 43.4 Å². The molecule has 1 saturated heterocycles. The zero-order valence-corrected chi connectivity index (χ0v) is 17.8. The van der Waals surface area contributed by atoms with Crippen LogP contribution in [-0.4, -0.2) is 32.2 Å². The van der Waals surface area contributed by atoms with Crippen LogP contribution in [0.4, 0.5) is 13.2 Å². The van der Waals surface area contributed by atoms with Gasteiger partial charge in [0.15, 0.2) is 5.75 Å². The van der Waals surface area contributed by atoms with Crippen molar-refractivity contribution in [3.8, 4) is 5.75 Å². The zero-order valence-electron chi connectivity index (χ0n) is 14.6. The quantitative estimate of drug-likeness (QED) is 0.517. The second kappa shape index (κ2) is 8.38. The van der Waals surface area contributed by atoms with Gasteiger partial charge in [-0.25, -0.2) is 8.42 Å². The molecule has 2 aliphatic rings. The molecule has 0 N–H and O–H groups in total. The van der Waals surface area contributed by atoms with Gasteiger partial charge in [0.2, 0.25) is 10.0 Å². The molecular formula is C18H18BrClF3NO3S. The SMILES string of the molecule is O=S(=O)(c1ccc(Br)cc1OC(F)(F)F)N1CCC(C2C=CCC=C2Cl)CC1. The normalized spacial score (nSPS) is 22.2. The molecule has 0 amide bonds. The molecule has 1 aliphatic heterocycles. The van der Waals surface area contributed by atoms with E-state index in [0.29, 0.717) is 12.8 Å². The van der Waals surface area contributed by atoms with Crippen molar-refractivity contribution >= 4 is 37.6 Å². The number of piperidine rings is 1. The van der Waals surface area contributed by atoms with E-state index in [4.69, 9.17) is 11.6 Å². The van der Waals surface area contributed by atoms with Crippen LogP contribution in [0.3, 0.4) is 0 Å². The van der Waals surface area contributed by atoms with E-state index in [1.807, 2.05) is 18.2 Å². The molecule has 1 heterocycles. The van der Waals surface area contributed by atoms with E-state index in [9.17, 15) is 21.6 Å². The number of ether oxygens (including phenoxy) is 1. The summed E-state index contributed by atoms with van der Waals surface area (Å²) in [6.07, 6.45) is 2.96. The molecular weight excluding hydrogens is 483 g/mol. The highest BCUT2D eigenvalue weighted by Crippen LogP contribution is 2.38. The van der Waals surface area contributed by atoms with Crippen LogP contribution >= 0.6 is 27.5 Å². The molecule has 0 radical (unpaired) electrons. The average Bonchev–Trinajstić information content (AvgIpc) is 2.61. The monoisotopic (exact) mass is 499 g/mol. The Morgan fingerprint density at radius 3 is 2.50 bits per heavy atom. The Bertz CT molecular complexity index is 894. The molecule has 1 atom stereocenters. The Morgan fingerprint density at radius 2 is 1.89 bits per heavy atom. The van der Waals surface area contributed by atoms with Crippen molar-refractivity contribution in [3.05, 3.63) is 45.9 Å². The number of sulfonamides is 1. The van der Waals surface area contributed by atoms with Gasteiger partial charge in [-0.1, -0.05) is 45.8 Å². The molecule has 1 aliphatic carbocycles. The highest BCUT2D eigenvalue weighted by molar-refractivity contribution is 9.10. The molecule has 28 heavy (non-hydrogen) atoms. The van der Waals surface area contributed by atoms with Crippen LogP contribution in [0.15, 0.2) is 50.8 Å². The molecule has 1 aromatic rings. The molecule has 1 aromatic carbocycles. The highest BCUT2D eigenvalue weighted by Gasteiger charge is 2.38. The third kappa shape index (κ3) is 4.93. The second-order valence-corrected chi connectivity index (χ2v) is 9.92.